The largest absolute Gasteiger partial charge is 0.497 e. The summed E-state index contributed by atoms with van der Waals surface area (Å²) in [6.45, 7) is 1.84. The summed E-state index contributed by atoms with van der Waals surface area (Å²) in [5, 5.41) is 3.13. The highest BCUT2D eigenvalue weighted by atomic mass is 16.5. The van der Waals surface area contributed by atoms with Gasteiger partial charge in [0, 0.05) is 25.8 Å². The van der Waals surface area contributed by atoms with E-state index in [4.69, 9.17) is 4.74 Å². The fourth-order valence-electron chi connectivity index (χ4n) is 1.41. The molecular formula is C12H18N2O2. The monoisotopic (exact) mass is 222 g/mol. The standard InChI is InChI=1S/C12H18N2O2/c1-9(12(15)14(2)3)13-10-6-5-7-11(8-10)16-4/h5-9,13H,1-4H3. The fourth-order valence-corrected chi connectivity index (χ4v) is 1.41. The summed E-state index contributed by atoms with van der Waals surface area (Å²) in [6, 6.07) is 7.26. The molecule has 4 heteroatoms. The van der Waals surface area contributed by atoms with Crippen LogP contribution in [-0.2, 0) is 4.79 Å². The average Bonchev–Trinajstić information content (AvgIpc) is 2.28. The zero-order chi connectivity index (χ0) is 12.1. The zero-order valence-electron chi connectivity index (χ0n) is 10.2. The lowest BCUT2D eigenvalue weighted by Crippen LogP contribution is -2.36. The van der Waals surface area contributed by atoms with Crippen LogP contribution in [0.4, 0.5) is 5.69 Å². The van der Waals surface area contributed by atoms with Gasteiger partial charge in [-0.1, -0.05) is 6.07 Å². The molecular weight excluding hydrogens is 204 g/mol. The Morgan fingerprint density at radius 3 is 2.69 bits per heavy atom. The summed E-state index contributed by atoms with van der Waals surface area (Å²) in [4.78, 5) is 13.2. The zero-order valence-corrected chi connectivity index (χ0v) is 10.2. The highest BCUT2D eigenvalue weighted by molar-refractivity contribution is 5.83. The molecule has 4 nitrogen and oxygen atoms in total. The molecule has 88 valence electrons. The first-order valence-corrected chi connectivity index (χ1v) is 5.16. The molecule has 0 aliphatic carbocycles. The second-order valence-electron chi connectivity index (χ2n) is 3.83. The van der Waals surface area contributed by atoms with Crippen LogP contribution in [0, 0.1) is 0 Å². The molecule has 1 aromatic carbocycles. The highest BCUT2D eigenvalue weighted by Gasteiger charge is 2.14. The number of hydrogen-bond donors (Lipinski definition) is 1. The number of nitrogens with zero attached hydrogens (tertiary/aromatic N) is 1. The van der Waals surface area contributed by atoms with Gasteiger partial charge in [0.15, 0.2) is 0 Å². The van der Waals surface area contributed by atoms with Crippen molar-refractivity contribution in [1.29, 1.82) is 0 Å². The molecule has 16 heavy (non-hydrogen) atoms. The van der Waals surface area contributed by atoms with Crippen molar-refractivity contribution in [1.82, 2.24) is 4.90 Å². The van der Waals surface area contributed by atoms with Crippen molar-refractivity contribution in [2.24, 2.45) is 0 Å². The third-order valence-electron chi connectivity index (χ3n) is 2.26. The SMILES string of the molecule is COc1cccc(NC(C)C(=O)N(C)C)c1. The Labute approximate surface area is 96.2 Å². The number of methoxy groups -OCH3 is 1. The van der Waals surface area contributed by atoms with E-state index in [9.17, 15) is 4.79 Å². The van der Waals surface area contributed by atoms with E-state index in [0.29, 0.717) is 0 Å². The average molecular weight is 222 g/mol. The lowest BCUT2D eigenvalue weighted by atomic mass is 10.2. The molecule has 1 rings (SSSR count). The Morgan fingerprint density at radius 2 is 2.12 bits per heavy atom. The van der Waals surface area contributed by atoms with Gasteiger partial charge in [-0.25, -0.2) is 0 Å². The Balaban J connectivity index is 2.69. The number of rotatable bonds is 4. The molecule has 0 radical (unpaired) electrons. The minimum absolute atomic E-state index is 0.0443. The molecule has 0 saturated heterocycles. The number of likely N-dealkylation sites (N-methyl/N-ethyl adjacent to an activating group) is 1. The molecule has 1 amide bonds. The maximum atomic E-state index is 11.6. The number of benzene rings is 1. The van der Waals surface area contributed by atoms with Crippen molar-refractivity contribution in [3.05, 3.63) is 24.3 Å². The van der Waals surface area contributed by atoms with Gasteiger partial charge in [0.2, 0.25) is 5.91 Å². The number of amides is 1. The van der Waals surface area contributed by atoms with Crippen LogP contribution < -0.4 is 10.1 Å². The second kappa shape index (κ2) is 5.39. The number of nitrogens with one attached hydrogen (secondary N) is 1. The summed E-state index contributed by atoms with van der Waals surface area (Å²) in [5.41, 5.74) is 0.877. The first-order valence-electron chi connectivity index (χ1n) is 5.16. The van der Waals surface area contributed by atoms with E-state index in [1.165, 1.54) is 0 Å². The number of carbonyl (C=O) groups excluding carboxylic acids is 1. The van der Waals surface area contributed by atoms with Crippen LogP contribution in [0.2, 0.25) is 0 Å². The molecule has 0 aliphatic heterocycles. The first kappa shape index (κ1) is 12.4. The van der Waals surface area contributed by atoms with Crippen LogP contribution in [0.25, 0.3) is 0 Å². The van der Waals surface area contributed by atoms with Crippen LogP contribution in [0.1, 0.15) is 6.92 Å². The number of hydrogen-bond acceptors (Lipinski definition) is 3. The Hall–Kier alpha value is -1.71. The van der Waals surface area contributed by atoms with E-state index in [1.54, 1.807) is 26.1 Å². The van der Waals surface area contributed by atoms with Gasteiger partial charge >= 0.3 is 0 Å². The molecule has 0 aliphatic rings. The summed E-state index contributed by atoms with van der Waals surface area (Å²) < 4.78 is 5.11. The normalized spacial score (nSPS) is 11.8. The molecule has 1 aromatic rings. The molecule has 0 aromatic heterocycles. The predicted octanol–water partition coefficient (Wildman–Crippen LogP) is 1.58. The van der Waals surface area contributed by atoms with Gasteiger partial charge in [-0.3, -0.25) is 4.79 Å². The van der Waals surface area contributed by atoms with Gasteiger partial charge in [-0.05, 0) is 19.1 Å². The van der Waals surface area contributed by atoms with Gasteiger partial charge in [0.25, 0.3) is 0 Å². The molecule has 1 atom stereocenters. The Kier molecular flexibility index (Phi) is 4.17. The highest BCUT2D eigenvalue weighted by Crippen LogP contribution is 2.17. The smallest absolute Gasteiger partial charge is 0.244 e. The van der Waals surface area contributed by atoms with E-state index in [-0.39, 0.29) is 11.9 Å². The summed E-state index contributed by atoms with van der Waals surface area (Å²) >= 11 is 0. The Bertz CT molecular complexity index is 364. The number of anilines is 1. The first-order chi connectivity index (χ1) is 7.54. The number of ether oxygens (including phenoxy) is 1. The summed E-state index contributed by atoms with van der Waals surface area (Å²) in [6.07, 6.45) is 0. The molecule has 1 N–H and O–H groups in total. The van der Waals surface area contributed by atoms with E-state index < -0.39 is 0 Å². The quantitative estimate of drug-likeness (QED) is 0.841. The van der Waals surface area contributed by atoms with Gasteiger partial charge in [0.1, 0.15) is 11.8 Å². The minimum atomic E-state index is -0.248. The molecule has 1 unspecified atom stereocenters. The van der Waals surface area contributed by atoms with Crippen molar-refractivity contribution in [2.45, 2.75) is 13.0 Å². The summed E-state index contributed by atoms with van der Waals surface area (Å²) in [5.74, 6) is 0.817. The van der Waals surface area contributed by atoms with Gasteiger partial charge < -0.3 is 15.0 Å². The van der Waals surface area contributed by atoms with Crippen LogP contribution in [0.3, 0.4) is 0 Å². The van der Waals surface area contributed by atoms with Gasteiger partial charge in [-0.15, -0.1) is 0 Å². The minimum Gasteiger partial charge on any atom is -0.497 e. The van der Waals surface area contributed by atoms with Gasteiger partial charge in [0.05, 0.1) is 7.11 Å². The maximum Gasteiger partial charge on any atom is 0.244 e. The predicted molar refractivity (Wildman–Crippen MR) is 64.8 cm³/mol. The third-order valence-corrected chi connectivity index (χ3v) is 2.26. The molecule has 0 fully saturated rings. The lowest BCUT2D eigenvalue weighted by Gasteiger charge is -2.19. The third kappa shape index (κ3) is 3.15. The fraction of sp³-hybridized carbons (Fsp3) is 0.417. The van der Waals surface area contributed by atoms with Gasteiger partial charge in [-0.2, -0.15) is 0 Å². The molecule has 0 spiro atoms. The van der Waals surface area contributed by atoms with E-state index in [2.05, 4.69) is 5.32 Å². The second-order valence-corrected chi connectivity index (χ2v) is 3.83. The molecule has 0 bridgehead atoms. The lowest BCUT2D eigenvalue weighted by molar-refractivity contribution is -0.129. The maximum absolute atomic E-state index is 11.6. The van der Waals surface area contributed by atoms with Crippen molar-refractivity contribution in [3.8, 4) is 5.75 Å². The number of carbonyl (C=O) groups is 1. The summed E-state index contributed by atoms with van der Waals surface area (Å²) in [7, 11) is 5.10. The van der Waals surface area contributed by atoms with E-state index in [1.807, 2.05) is 31.2 Å². The van der Waals surface area contributed by atoms with Crippen molar-refractivity contribution in [3.63, 3.8) is 0 Å². The van der Waals surface area contributed by atoms with Crippen LogP contribution >= 0.6 is 0 Å². The Morgan fingerprint density at radius 1 is 1.44 bits per heavy atom. The van der Waals surface area contributed by atoms with Crippen molar-refractivity contribution < 1.29 is 9.53 Å². The van der Waals surface area contributed by atoms with Crippen molar-refractivity contribution >= 4 is 11.6 Å². The van der Waals surface area contributed by atoms with Crippen molar-refractivity contribution in [2.75, 3.05) is 26.5 Å². The van der Waals surface area contributed by atoms with Crippen LogP contribution in [0.5, 0.6) is 5.75 Å². The topological polar surface area (TPSA) is 41.6 Å². The van der Waals surface area contributed by atoms with E-state index >= 15 is 0 Å². The molecule has 0 saturated carbocycles. The molecule has 0 heterocycles. The van der Waals surface area contributed by atoms with Crippen LogP contribution in [0.15, 0.2) is 24.3 Å². The van der Waals surface area contributed by atoms with Crippen LogP contribution in [-0.4, -0.2) is 38.1 Å². The van der Waals surface area contributed by atoms with E-state index in [0.717, 1.165) is 11.4 Å².